The van der Waals surface area contributed by atoms with Crippen molar-refractivity contribution in [2.24, 2.45) is 0 Å². The van der Waals surface area contributed by atoms with Crippen molar-refractivity contribution in [2.45, 2.75) is 0 Å². The van der Waals surface area contributed by atoms with E-state index in [2.05, 4.69) is 5.32 Å². The van der Waals surface area contributed by atoms with Gasteiger partial charge in [0, 0.05) is 28.3 Å². The highest BCUT2D eigenvalue weighted by atomic mass is 35.5. The second-order valence-electron chi connectivity index (χ2n) is 4.71. The summed E-state index contributed by atoms with van der Waals surface area (Å²) in [5, 5.41) is 3.99. The van der Waals surface area contributed by atoms with Gasteiger partial charge < -0.3 is 14.8 Å². The van der Waals surface area contributed by atoms with Crippen LogP contribution in [0.3, 0.4) is 0 Å². The molecule has 0 aliphatic carbocycles. The number of amides is 1. The number of halogens is 3. The van der Waals surface area contributed by atoms with Crippen LogP contribution in [0.25, 0.3) is 6.08 Å². The molecule has 0 bridgehead atoms. The molecule has 126 valence electrons. The zero-order valence-electron chi connectivity index (χ0n) is 12.9. The molecule has 7 heteroatoms. The van der Waals surface area contributed by atoms with Gasteiger partial charge in [0.15, 0.2) is 11.5 Å². The van der Waals surface area contributed by atoms with Crippen molar-refractivity contribution in [1.82, 2.24) is 0 Å². The van der Waals surface area contributed by atoms with E-state index in [1.165, 1.54) is 20.3 Å². The van der Waals surface area contributed by atoms with E-state index in [-0.39, 0.29) is 5.91 Å². The standard InChI is InChI=1S/C17H14Cl3NO3/c1-23-15-8-13(20)14(9-16(15)24-2)21-17(22)4-3-10-5-11(18)7-12(19)6-10/h3-9H,1-2H3,(H,21,22)/b4-3+. The van der Waals surface area contributed by atoms with Crippen LogP contribution in [0.15, 0.2) is 36.4 Å². The molecule has 1 N–H and O–H groups in total. The number of hydrogen-bond acceptors (Lipinski definition) is 3. The van der Waals surface area contributed by atoms with Crippen LogP contribution in [0.5, 0.6) is 11.5 Å². The Bertz CT molecular complexity index is 771. The van der Waals surface area contributed by atoms with Crippen LogP contribution in [0.2, 0.25) is 15.1 Å². The first kappa shape index (κ1) is 18.5. The van der Waals surface area contributed by atoms with Crippen LogP contribution in [0, 0.1) is 0 Å². The molecule has 4 nitrogen and oxygen atoms in total. The number of anilines is 1. The molecule has 0 aliphatic rings. The Kier molecular flexibility index (Phi) is 6.37. The van der Waals surface area contributed by atoms with Gasteiger partial charge in [0.1, 0.15) is 0 Å². The van der Waals surface area contributed by atoms with Crippen molar-refractivity contribution in [3.63, 3.8) is 0 Å². The van der Waals surface area contributed by atoms with Gasteiger partial charge in [-0.2, -0.15) is 0 Å². The third-order valence-electron chi connectivity index (χ3n) is 3.04. The zero-order valence-corrected chi connectivity index (χ0v) is 15.2. The van der Waals surface area contributed by atoms with Crippen LogP contribution in [-0.2, 0) is 4.79 Å². The fourth-order valence-corrected chi connectivity index (χ4v) is 2.71. The van der Waals surface area contributed by atoms with Crippen molar-refractivity contribution < 1.29 is 14.3 Å². The van der Waals surface area contributed by atoms with E-state index in [1.54, 1.807) is 36.4 Å². The first-order chi connectivity index (χ1) is 11.4. The Balaban J connectivity index is 2.16. The maximum absolute atomic E-state index is 12.1. The zero-order chi connectivity index (χ0) is 17.7. The van der Waals surface area contributed by atoms with E-state index in [0.717, 1.165) is 0 Å². The number of hydrogen-bond donors (Lipinski definition) is 1. The van der Waals surface area contributed by atoms with E-state index >= 15 is 0 Å². The van der Waals surface area contributed by atoms with Crippen LogP contribution >= 0.6 is 34.8 Å². The predicted molar refractivity (Wildman–Crippen MR) is 98.7 cm³/mol. The van der Waals surface area contributed by atoms with Crippen molar-refractivity contribution in [3.05, 3.63) is 57.0 Å². The molecule has 0 fully saturated rings. The largest absolute Gasteiger partial charge is 0.493 e. The fraction of sp³-hybridized carbons (Fsp3) is 0.118. The Morgan fingerprint density at radius 1 is 0.958 bits per heavy atom. The summed E-state index contributed by atoms with van der Waals surface area (Å²) in [5.74, 6) is 0.577. The van der Waals surface area contributed by atoms with Crippen LogP contribution in [0.1, 0.15) is 5.56 Å². The number of ether oxygens (including phenoxy) is 2. The molecular weight excluding hydrogens is 373 g/mol. The number of benzene rings is 2. The Hall–Kier alpha value is -1.88. The van der Waals surface area contributed by atoms with Crippen LogP contribution in [0.4, 0.5) is 5.69 Å². The Labute approximate surface area is 154 Å². The molecule has 0 heterocycles. The van der Waals surface area contributed by atoms with Crippen molar-refractivity contribution in [3.8, 4) is 11.5 Å². The second kappa shape index (κ2) is 8.29. The molecule has 0 spiro atoms. The predicted octanol–water partition coefficient (Wildman–Crippen LogP) is 5.32. The molecule has 24 heavy (non-hydrogen) atoms. The molecule has 0 aromatic heterocycles. The number of methoxy groups -OCH3 is 2. The molecular formula is C17H14Cl3NO3. The summed E-state index contributed by atoms with van der Waals surface area (Å²) < 4.78 is 10.3. The van der Waals surface area contributed by atoms with Gasteiger partial charge in [-0.05, 0) is 29.8 Å². The summed E-state index contributed by atoms with van der Waals surface area (Å²) in [5.41, 5.74) is 1.12. The third kappa shape index (κ3) is 4.81. The minimum atomic E-state index is -0.361. The van der Waals surface area contributed by atoms with E-state index in [0.29, 0.717) is 37.8 Å². The minimum Gasteiger partial charge on any atom is -0.493 e. The first-order valence-corrected chi connectivity index (χ1v) is 7.93. The lowest BCUT2D eigenvalue weighted by Crippen LogP contribution is -2.08. The SMILES string of the molecule is COc1cc(Cl)c(NC(=O)/C=C/c2cc(Cl)cc(Cl)c2)cc1OC. The molecule has 0 unspecified atom stereocenters. The van der Waals surface area contributed by atoms with Crippen LogP contribution in [-0.4, -0.2) is 20.1 Å². The summed E-state index contributed by atoms with van der Waals surface area (Å²) >= 11 is 18.0. The normalized spacial score (nSPS) is 10.7. The smallest absolute Gasteiger partial charge is 0.248 e. The summed E-state index contributed by atoms with van der Waals surface area (Å²) in [6.07, 6.45) is 2.96. The lowest BCUT2D eigenvalue weighted by molar-refractivity contribution is -0.111. The van der Waals surface area contributed by atoms with Gasteiger partial charge in [-0.15, -0.1) is 0 Å². The highest BCUT2D eigenvalue weighted by molar-refractivity contribution is 6.35. The molecule has 1 amide bonds. The summed E-state index contributed by atoms with van der Waals surface area (Å²) in [6, 6.07) is 8.16. The topological polar surface area (TPSA) is 47.6 Å². The minimum absolute atomic E-state index is 0.334. The second-order valence-corrected chi connectivity index (χ2v) is 5.99. The van der Waals surface area contributed by atoms with Gasteiger partial charge in [0.25, 0.3) is 0 Å². The number of carbonyl (C=O) groups excluding carboxylic acids is 1. The van der Waals surface area contributed by atoms with Gasteiger partial charge in [0.05, 0.1) is 24.9 Å². The average molecular weight is 387 g/mol. The van der Waals surface area contributed by atoms with E-state index in [1.807, 2.05) is 0 Å². The summed E-state index contributed by atoms with van der Waals surface area (Å²) in [6.45, 7) is 0. The molecule has 2 aromatic rings. The number of nitrogens with one attached hydrogen (secondary N) is 1. The number of carbonyl (C=O) groups is 1. The summed E-state index contributed by atoms with van der Waals surface area (Å²) in [4.78, 5) is 12.1. The highest BCUT2D eigenvalue weighted by Crippen LogP contribution is 2.36. The van der Waals surface area contributed by atoms with Gasteiger partial charge >= 0.3 is 0 Å². The summed E-state index contributed by atoms with van der Waals surface area (Å²) in [7, 11) is 3.01. The Morgan fingerprint density at radius 2 is 1.54 bits per heavy atom. The molecule has 2 aromatic carbocycles. The molecule has 0 atom stereocenters. The van der Waals surface area contributed by atoms with Crippen LogP contribution < -0.4 is 14.8 Å². The maximum atomic E-state index is 12.1. The molecule has 0 radical (unpaired) electrons. The van der Waals surface area contributed by atoms with E-state index < -0.39 is 0 Å². The number of rotatable bonds is 5. The van der Waals surface area contributed by atoms with Gasteiger partial charge in [-0.25, -0.2) is 0 Å². The van der Waals surface area contributed by atoms with Crippen molar-refractivity contribution >= 4 is 52.5 Å². The lowest BCUT2D eigenvalue weighted by Gasteiger charge is -2.11. The van der Waals surface area contributed by atoms with E-state index in [4.69, 9.17) is 44.3 Å². The molecule has 2 rings (SSSR count). The first-order valence-electron chi connectivity index (χ1n) is 6.79. The Morgan fingerprint density at radius 3 is 2.12 bits per heavy atom. The van der Waals surface area contributed by atoms with E-state index in [9.17, 15) is 4.79 Å². The monoisotopic (exact) mass is 385 g/mol. The molecule has 0 aliphatic heterocycles. The quantitative estimate of drug-likeness (QED) is 0.708. The van der Waals surface area contributed by atoms with Crippen molar-refractivity contribution in [1.29, 1.82) is 0 Å². The molecule has 0 saturated heterocycles. The molecule has 0 saturated carbocycles. The average Bonchev–Trinajstić information content (AvgIpc) is 2.53. The van der Waals surface area contributed by atoms with Gasteiger partial charge in [-0.1, -0.05) is 34.8 Å². The maximum Gasteiger partial charge on any atom is 0.248 e. The highest BCUT2D eigenvalue weighted by Gasteiger charge is 2.11. The van der Waals surface area contributed by atoms with Crippen molar-refractivity contribution in [2.75, 3.05) is 19.5 Å². The fourth-order valence-electron chi connectivity index (χ4n) is 1.97. The van der Waals surface area contributed by atoms with Gasteiger partial charge in [0.2, 0.25) is 5.91 Å². The third-order valence-corrected chi connectivity index (χ3v) is 3.79. The van der Waals surface area contributed by atoms with Gasteiger partial charge in [-0.3, -0.25) is 4.79 Å². The lowest BCUT2D eigenvalue weighted by atomic mass is 10.2.